The molecule has 0 saturated heterocycles. The number of carbonyl (C=O) groups is 4. The number of hydrogen-bond acceptors (Lipinski definition) is 5. The molecule has 0 aromatic heterocycles. The molecule has 9 heteroatoms. The summed E-state index contributed by atoms with van der Waals surface area (Å²) in [6.07, 6.45) is 3.30. The highest BCUT2D eigenvalue weighted by Gasteiger charge is 2.06. The quantitative estimate of drug-likeness (QED) is 0.301. The number of urea groups is 1. The van der Waals surface area contributed by atoms with Crippen LogP contribution in [0.4, 0.5) is 4.79 Å². The van der Waals surface area contributed by atoms with Crippen LogP contribution in [0.25, 0.3) is 0 Å². The smallest absolute Gasteiger partial charge is 0.312 e. The van der Waals surface area contributed by atoms with Crippen molar-refractivity contribution in [1.29, 1.82) is 0 Å². The summed E-state index contributed by atoms with van der Waals surface area (Å²) < 4.78 is 5.23. The number of amides is 4. The van der Waals surface area contributed by atoms with E-state index < -0.39 is 6.03 Å². The molecule has 0 fully saturated rings. The maximum atomic E-state index is 11.5. The van der Waals surface area contributed by atoms with Gasteiger partial charge < -0.3 is 26.4 Å². The van der Waals surface area contributed by atoms with E-state index in [1.54, 1.807) is 0 Å². The normalized spacial score (nSPS) is 10.1. The molecule has 0 aliphatic carbocycles. The molecule has 25 heavy (non-hydrogen) atoms. The van der Waals surface area contributed by atoms with Crippen molar-refractivity contribution in [2.75, 3.05) is 32.8 Å². The largest absolute Gasteiger partial charge is 0.380 e. The van der Waals surface area contributed by atoms with Gasteiger partial charge in [-0.05, 0) is 19.3 Å². The fourth-order valence-corrected chi connectivity index (χ4v) is 1.88. The average molecular weight is 358 g/mol. The van der Waals surface area contributed by atoms with Gasteiger partial charge in [-0.25, -0.2) is 4.79 Å². The number of ether oxygens (including phenoxy) is 1. The van der Waals surface area contributed by atoms with E-state index in [2.05, 4.69) is 16.0 Å². The summed E-state index contributed by atoms with van der Waals surface area (Å²) >= 11 is 0. The summed E-state index contributed by atoms with van der Waals surface area (Å²) in [5.74, 6) is -0.392. The van der Waals surface area contributed by atoms with Gasteiger partial charge in [-0.3, -0.25) is 14.4 Å². The van der Waals surface area contributed by atoms with E-state index in [1.807, 2.05) is 6.92 Å². The van der Waals surface area contributed by atoms with Crippen LogP contribution in [0.15, 0.2) is 0 Å². The Hall–Kier alpha value is -2.16. The van der Waals surface area contributed by atoms with E-state index in [0.29, 0.717) is 45.4 Å². The summed E-state index contributed by atoms with van der Waals surface area (Å²) in [4.78, 5) is 44.8. The van der Waals surface area contributed by atoms with Gasteiger partial charge in [-0.2, -0.15) is 0 Å². The van der Waals surface area contributed by atoms with E-state index in [9.17, 15) is 19.2 Å². The summed E-state index contributed by atoms with van der Waals surface area (Å²) in [6, 6.07) is -0.566. The van der Waals surface area contributed by atoms with E-state index in [-0.39, 0.29) is 37.2 Å². The van der Waals surface area contributed by atoms with Crippen LogP contribution in [-0.4, -0.2) is 56.5 Å². The van der Waals surface area contributed by atoms with Gasteiger partial charge in [0.05, 0.1) is 19.8 Å². The highest BCUT2D eigenvalue weighted by atomic mass is 16.5. The van der Waals surface area contributed by atoms with Crippen molar-refractivity contribution >= 4 is 23.6 Å². The van der Waals surface area contributed by atoms with Gasteiger partial charge in [-0.15, -0.1) is 0 Å². The van der Waals surface area contributed by atoms with Gasteiger partial charge in [-0.1, -0.05) is 6.92 Å². The first-order chi connectivity index (χ1) is 12.0. The minimum Gasteiger partial charge on any atom is -0.380 e. The van der Waals surface area contributed by atoms with Gasteiger partial charge in [0.15, 0.2) is 0 Å². The van der Waals surface area contributed by atoms with Crippen molar-refractivity contribution in [2.24, 2.45) is 5.73 Å². The van der Waals surface area contributed by atoms with E-state index in [0.717, 1.165) is 6.42 Å². The van der Waals surface area contributed by atoms with Gasteiger partial charge in [0.2, 0.25) is 11.8 Å². The summed E-state index contributed by atoms with van der Waals surface area (Å²) in [7, 11) is 0. The van der Waals surface area contributed by atoms with Crippen molar-refractivity contribution in [3.8, 4) is 0 Å². The number of primary amides is 1. The zero-order valence-corrected chi connectivity index (χ0v) is 14.9. The summed E-state index contributed by atoms with van der Waals surface area (Å²) in [5, 5.41) is 7.61. The van der Waals surface area contributed by atoms with Gasteiger partial charge in [0.1, 0.15) is 5.78 Å². The second-order valence-corrected chi connectivity index (χ2v) is 5.53. The fourth-order valence-electron chi connectivity index (χ4n) is 1.88. The second kappa shape index (κ2) is 15.4. The maximum absolute atomic E-state index is 11.5. The first-order valence-corrected chi connectivity index (χ1v) is 8.61. The Morgan fingerprint density at radius 2 is 1.48 bits per heavy atom. The Morgan fingerprint density at radius 3 is 2.12 bits per heavy atom. The first-order valence-electron chi connectivity index (χ1n) is 8.61. The third-order valence-electron chi connectivity index (χ3n) is 3.20. The Labute approximate surface area is 148 Å². The van der Waals surface area contributed by atoms with Crippen LogP contribution in [0.2, 0.25) is 0 Å². The Balaban J connectivity index is 3.47. The van der Waals surface area contributed by atoms with Crippen LogP contribution in [-0.2, 0) is 19.1 Å². The van der Waals surface area contributed by atoms with Crippen LogP contribution in [0, 0.1) is 0 Å². The molecule has 0 bridgehead atoms. The first kappa shape index (κ1) is 22.8. The third-order valence-corrected chi connectivity index (χ3v) is 3.20. The molecule has 0 aliphatic heterocycles. The van der Waals surface area contributed by atoms with Crippen molar-refractivity contribution < 1.29 is 23.9 Å². The van der Waals surface area contributed by atoms with Gasteiger partial charge in [0, 0.05) is 32.4 Å². The lowest BCUT2D eigenvalue weighted by molar-refractivity contribution is -0.126. The lowest BCUT2D eigenvalue weighted by atomic mass is 10.2. The zero-order valence-electron chi connectivity index (χ0n) is 14.9. The Bertz CT molecular complexity index is 429. The molecular weight excluding hydrogens is 328 g/mol. The minimum absolute atomic E-state index is 0.0899. The van der Waals surface area contributed by atoms with Crippen molar-refractivity contribution in [1.82, 2.24) is 16.0 Å². The Kier molecular flexibility index (Phi) is 14.0. The lowest BCUT2D eigenvalue weighted by Gasteiger charge is -2.07. The maximum Gasteiger partial charge on any atom is 0.312 e. The predicted molar refractivity (Wildman–Crippen MR) is 92.8 cm³/mol. The molecule has 0 aromatic carbocycles. The number of hydrogen-bond donors (Lipinski definition) is 4. The minimum atomic E-state index is -0.566. The molecule has 0 rings (SSSR count). The molecule has 0 radical (unpaired) electrons. The van der Waals surface area contributed by atoms with Gasteiger partial charge >= 0.3 is 6.03 Å². The van der Waals surface area contributed by atoms with Crippen molar-refractivity contribution in [2.45, 2.75) is 45.4 Å². The molecule has 0 unspecified atom stereocenters. The molecule has 0 saturated carbocycles. The molecular formula is C16H30N4O5. The number of nitrogens with one attached hydrogen (secondary N) is 3. The predicted octanol–water partition coefficient (Wildman–Crippen LogP) is -0.167. The average Bonchev–Trinajstić information content (AvgIpc) is 2.55. The van der Waals surface area contributed by atoms with Gasteiger partial charge in [0.25, 0.3) is 0 Å². The van der Waals surface area contributed by atoms with E-state index >= 15 is 0 Å². The van der Waals surface area contributed by atoms with Crippen LogP contribution >= 0.6 is 0 Å². The topological polar surface area (TPSA) is 140 Å². The molecule has 0 aromatic rings. The van der Waals surface area contributed by atoms with E-state index in [1.165, 1.54) is 0 Å². The molecule has 4 amide bonds. The Morgan fingerprint density at radius 1 is 0.840 bits per heavy atom. The fraction of sp³-hybridized carbons (Fsp3) is 0.750. The molecule has 5 N–H and O–H groups in total. The summed E-state index contributed by atoms with van der Waals surface area (Å²) in [5.41, 5.74) is 4.92. The standard InChI is InChI=1S/C16H30N4O5/c1-2-5-13(21)6-10-25-11-7-14(22)20-12-15(23)18-8-3-4-9-19-16(17)24/h2-12H2,1H3,(H,18,23)(H,20,22)(H3,17,19,24). The third kappa shape index (κ3) is 16.5. The number of rotatable bonds is 15. The molecule has 0 atom stereocenters. The van der Waals surface area contributed by atoms with E-state index in [4.69, 9.17) is 10.5 Å². The van der Waals surface area contributed by atoms with Crippen LogP contribution in [0.3, 0.4) is 0 Å². The van der Waals surface area contributed by atoms with Crippen LogP contribution in [0.1, 0.15) is 45.4 Å². The number of carbonyl (C=O) groups excluding carboxylic acids is 4. The van der Waals surface area contributed by atoms with Crippen molar-refractivity contribution in [3.63, 3.8) is 0 Å². The highest BCUT2D eigenvalue weighted by molar-refractivity contribution is 5.84. The highest BCUT2D eigenvalue weighted by Crippen LogP contribution is 1.95. The second-order valence-electron chi connectivity index (χ2n) is 5.53. The van der Waals surface area contributed by atoms with Crippen LogP contribution < -0.4 is 21.7 Å². The number of nitrogens with two attached hydrogens (primary N) is 1. The molecule has 0 heterocycles. The number of ketones is 1. The molecule has 9 nitrogen and oxygen atoms in total. The number of Topliss-reactive ketones (excluding diaryl/α,β-unsaturated/α-hetero) is 1. The molecule has 144 valence electrons. The van der Waals surface area contributed by atoms with Crippen molar-refractivity contribution in [3.05, 3.63) is 0 Å². The molecule has 0 spiro atoms. The number of unbranched alkanes of at least 4 members (excludes halogenated alkanes) is 1. The lowest BCUT2D eigenvalue weighted by Crippen LogP contribution is -2.37. The monoisotopic (exact) mass is 358 g/mol. The zero-order chi connectivity index (χ0) is 18.9. The SMILES string of the molecule is CCCC(=O)CCOCCC(=O)NCC(=O)NCCCCNC(N)=O. The van der Waals surface area contributed by atoms with Crippen LogP contribution in [0.5, 0.6) is 0 Å². The summed E-state index contributed by atoms with van der Waals surface area (Å²) in [6.45, 7) is 3.32. The molecule has 0 aliphatic rings.